The molecule has 142 valence electrons. The van der Waals surface area contributed by atoms with Crippen LogP contribution in [0.5, 0.6) is 0 Å². The van der Waals surface area contributed by atoms with Gasteiger partial charge in [0.25, 0.3) is 0 Å². The van der Waals surface area contributed by atoms with Crippen LogP contribution in [-0.4, -0.2) is 11.6 Å². The van der Waals surface area contributed by atoms with Gasteiger partial charge < -0.3 is 0 Å². The summed E-state index contributed by atoms with van der Waals surface area (Å²) in [5.74, 6) is 3.72. The summed E-state index contributed by atoms with van der Waals surface area (Å²) >= 11 is 0. The Morgan fingerprint density at radius 2 is 1.85 bits per heavy atom. The van der Waals surface area contributed by atoms with Gasteiger partial charge in [0.1, 0.15) is 5.78 Å². The van der Waals surface area contributed by atoms with Crippen molar-refractivity contribution in [3.8, 4) is 0 Å². The molecule has 0 aromatic carbocycles. The zero-order valence-corrected chi connectivity index (χ0v) is 16.8. The number of Topliss-reactive ketones (excluding diaryl/α,β-unsaturated/α-hetero) is 1. The first-order valence-electron chi connectivity index (χ1n) is 11.1. The second-order valence-corrected chi connectivity index (χ2v) is 10.8. The van der Waals surface area contributed by atoms with E-state index in [-0.39, 0.29) is 16.2 Å². The molecule has 2 heteroatoms. The molecular formula is C24H34O2. The largest absolute Gasteiger partial charge is 0.299 e. The molecule has 0 spiro atoms. The Hall–Kier alpha value is -0.920. The molecular weight excluding hydrogens is 320 g/mol. The fourth-order valence-corrected chi connectivity index (χ4v) is 9.19. The molecule has 26 heavy (non-hydrogen) atoms. The molecule has 4 fully saturated rings. The maximum Gasteiger partial charge on any atom is 0.155 e. The van der Waals surface area contributed by atoms with Crippen molar-refractivity contribution in [1.29, 1.82) is 0 Å². The van der Waals surface area contributed by atoms with E-state index in [9.17, 15) is 9.59 Å². The van der Waals surface area contributed by atoms with Gasteiger partial charge in [-0.3, -0.25) is 9.59 Å². The smallest absolute Gasteiger partial charge is 0.155 e. The molecule has 0 N–H and O–H groups in total. The molecule has 0 aromatic rings. The van der Waals surface area contributed by atoms with Crippen molar-refractivity contribution in [1.82, 2.24) is 0 Å². The Bertz CT molecular complexity index is 705. The highest BCUT2D eigenvalue weighted by molar-refractivity contribution is 5.91. The van der Waals surface area contributed by atoms with E-state index >= 15 is 0 Å². The van der Waals surface area contributed by atoms with Crippen LogP contribution in [0, 0.1) is 39.9 Å². The van der Waals surface area contributed by atoms with Crippen molar-refractivity contribution in [3.05, 3.63) is 11.6 Å². The Labute approximate surface area is 158 Å². The molecule has 0 saturated heterocycles. The van der Waals surface area contributed by atoms with E-state index in [1.807, 2.05) is 13.0 Å². The van der Waals surface area contributed by atoms with Crippen LogP contribution in [-0.2, 0) is 9.59 Å². The number of hydrogen-bond acceptors (Lipinski definition) is 2. The minimum Gasteiger partial charge on any atom is -0.299 e. The first-order chi connectivity index (χ1) is 12.3. The van der Waals surface area contributed by atoms with Gasteiger partial charge in [0.15, 0.2) is 5.78 Å². The van der Waals surface area contributed by atoms with Crippen LogP contribution in [0.25, 0.3) is 0 Å². The fraction of sp³-hybridized carbons (Fsp3) is 0.833. The molecule has 0 heterocycles. The number of allylic oxidation sites excluding steroid dienone is 1. The van der Waals surface area contributed by atoms with Crippen LogP contribution in [0.1, 0.15) is 85.0 Å². The molecule has 7 atom stereocenters. The lowest BCUT2D eigenvalue weighted by molar-refractivity contribution is -0.143. The number of ketones is 2. The quantitative estimate of drug-likeness (QED) is 0.623. The molecule has 5 aliphatic carbocycles. The average molecular weight is 355 g/mol. The molecule has 0 amide bonds. The Morgan fingerprint density at radius 3 is 2.62 bits per heavy atom. The van der Waals surface area contributed by atoms with Crippen LogP contribution in [0.2, 0.25) is 0 Å². The van der Waals surface area contributed by atoms with Gasteiger partial charge in [-0.25, -0.2) is 0 Å². The number of carbonyl (C=O) groups is 2. The van der Waals surface area contributed by atoms with Crippen molar-refractivity contribution in [2.75, 3.05) is 0 Å². The topological polar surface area (TPSA) is 34.1 Å². The van der Waals surface area contributed by atoms with Crippen molar-refractivity contribution in [2.24, 2.45) is 39.9 Å². The lowest BCUT2D eigenvalue weighted by Crippen LogP contribution is -2.54. The van der Waals surface area contributed by atoms with E-state index in [2.05, 4.69) is 13.8 Å². The Kier molecular flexibility index (Phi) is 3.52. The predicted octanol–water partition coefficient (Wildman–Crippen LogP) is 5.50. The Balaban J connectivity index is 1.54. The van der Waals surface area contributed by atoms with Crippen molar-refractivity contribution in [2.45, 2.75) is 85.0 Å². The summed E-state index contributed by atoms with van der Waals surface area (Å²) in [6.45, 7) is 6.85. The van der Waals surface area contributed by atoms with Gasteiger partial charge in [-0.1, -0.05) is 25.8 Å². The molecule has 2 nitrogen and oxygen atoms in total. The lowest BCUT2D eigenvalue weighted by Gasteiger charge is -2.59. The molecule has 0 radical (unpaired) electrons. The van der Waals surface area contributed by atoms with Gasteiger partial charge in [0.05, 0.1) is 0 Å². The van der Waals surface area contributed by atoms with E-state index < -0.39 is 0 Å². The molecule has 0 aliphatic heterocycles. The first kappa shape index (κ1) is 17.2. The van der Waals surface area contributed by atoms with Crippen LogP contribution in [0.4, 0.5) is 0 Å². The van der Waals surface area contributed by atoms with Gasteiger partial charge in [-0.15, -0.1) is 0 Å². The highest BCUT2D eigenvalue weighted by Crippen LogP contribution is 2.74. The van der Waals surface area contributed by atoms with Gasteiger partial charge in [0.2, 0.25) is 0 Å². The monoisotopic (exact) mass is 354 g/mol. The van der Waals surface area contributed by atoms with Crippen molar-refractivity contribution < 1.29 is 9.59 Å². The SMILES string of the molecule is CC(=O)C12CCCC1CC1C3CCC4=CC(=O)CCC4(C)C3CCC12C. The summed E-state index contributed by atoms with van der Waals surface area (Å²) in [5, 5.41) is 0. The van der Waals surface area contributed by atoms with Gasteiger partial charge in [0, 0.05) is 11.8 Å². The Morgan fingerprint density at radius 1 is 1.04 bits per heavy atom. The van der Waals surface area contributed by atoms with Gasteiger partial charge >= 0.3 is 0 Å². The van der Waals surface area contributed by atoms with Crippen molar-refractivity contribution in [3.63, 3.8) is 0 Å². The maximum absolute atomic E-state index is 13.0. The van der Waals surface area contributed by atoms with Crippen LogP contribution < -0.4 is 0 Å². The summed E-state index contributed by atoms with van der Waals surface area (Å²) in [6, 6.07) is 0. The van der Waals surface area contributed by atoms with Crippen LogP contribution >= 0.6 is 0 Å². The van der Waals surface area contributed by atoms with E-state index in [1.165, 1.54) is 44.1 Å². The maximum atomic E-state index is 13.0. The van der Waals surface area contributed by atoms with Crippen molar-refractivity contribution >= 4 is 11.6 Å². The third-order valence-corrected chi connectivity index (χ3v) is 10.4. The second kappa shape index (κ2) is 5.32. The number of fused-ring (bicyclic) bond motifs is 7. The number of carbonyl (C=O) groups excluding carboxylic acids is 2. The number of rotatable bonds is 1. The predicted molar refractivity (Wildman–Crippen MR) is 103 cm³/mol. The summed E-state index contributed by atoms with van der Waals surface area (Å²) in [5.41, 5.74) is 1.92. The summed E-state index contributed by atoms with van der Waals surface area (Å²) in [6.07, 6.45) is 13.6. The zero-order chi connectivity index (χ0) is 18.3. The standard InChI is InChI=1S/C24H34O2/c1-15(25)24-10-4-5-17(24)14-21-19-7-6-16-13-18(26)8-11-22(16,2)20(19)9-12-23(21,24)3/h13,17,19-21H,4-12,14H2,1-3H3. The summed E-state index contributed by atoms with van der Waals surface area (Å²) in [7, 11) is 0. The molecule has 4 saturated carbocycles. The molecule has 0 aromatic heterocycles. The zero-order valence-electron chi connectivity index (χ0n) is 16.8. The summed E-state index contributed by atoms with van der Waals surface area (Å²) < 4.78 is 0. The lowest BCUT2D eigenvalue weighted by atomic mass is 9.44. The third-order valence-electron chi connectivity index (χ3n) is 10.4. The van der Waals surface area contributed by atoms with E-state index in [4.69, 9.17) is 0 Å². The van der Waals surface area contributed by atoms with Crippen LogP contribution in [0.3, 0.4) is 0 Å². The second-order valence-electron chi connectivity index (χ2n) is 10.8. The molecule has 0 bridgehead atoms. The fourth-order valence-electron chi connectivity index (χ4n) is 9.19. The molecule has 5 aliphatic rings. The highest BCUT2D eigenvalue weighted by atomic mass is 16.1. The minimum atomic E-state index is -0.0117. The van der Waals surface area contributed by atoms with E-state index in [0.29, 0.717) is 17.5 Å². The third kappa shape index (κ3) is 1.85. The first-order valence-corrected chi connectivity index (χ1v) is 11.1. The normalized spacial score (nSPS) is 52.6. The molecule has 7 unspecified atom stereocenters. The van der Waals surface area contributed by atoms with Gasteiger partial charge in [-0.05, 0) is 98.9 Å². The molecule has 5 rings (SSSR count). The summed E-state index contributed by atoms with van der Waals surface area (Å²) in [4.78, 5) is 24.9. The van der Waals surface area contributed by atoms with E-state index in [0.717, 1.165) is 43.4 Å². The highest BCUT2D eigenvalue weighted by Gasteiger charge is 2.69. The van der Waals surface area contributed by atoms with Crippen LogP contribution in [0.15, 0.2) is 11.6 Å². The number of hydrogen-bond donors (Lipinski definition) is 0. The minimum absolute atomic E-state index is 0.0117. The van der Waals surface area contributed by atoms with Gasteiger partial charge in [-0.2, -0.15) is 0 Å². The van der Waals surface area contributed by atoms with E-state index in [1.54, 1.807) is 0 Å². The average Bonchev–Trinajstić information content (AvgIpc) is 3.12.